The van der Waals surface area contributed by atoms with Crippen LogP contribution in [0.2, 0.25) is 0 Å². The maximum atomic E-state index is 12.3. The van der Waals surface area contributed by atoms with E-state index in [0.29, 0.717) is 0 Å². The fourth-order valence-electron chi connectivity index (χ4n) is 1.06. The van der Waals surface area contributed by atoms with Crippen LogP contribution in [-0.4, -0.2) is 5.75 Å². The van der Waals surface area contributed by atoms with Gasteiger partial charge in [-0.2, -0.15) is 31.1 Å². The molecule has 16 heavy (non-hydrogen) atoms. The van der Waals surface area contributed by atoms with Crippen LogP contribution >= 0.6 is 12.6 Å². The van der Waals surface area contributed by atoms with Crippen molar-refractivity contribution < 1.29 is 13.2 Å². The Kier molecular flexibility index (Phi) is 3.87. The highest BCUT2D eigenvalue weighted by Gasteiger charge is 2.30. The lowest BCUT2D eigenvalue weighted by Gasteiger charge is -2.06. The van der Waals surface area contributed by atoms with Crippen molar-refractivity contribution in [1.82, 2.24) is 0 Å². The van der Waals surface area contributed by atoms with E-state index in [1.807, 2.05) is 0 Å². The number of benzene rings is 1. The van der Waals surface area contributed by atoms with E-state index in [1.165, 1.54) is 6.07 Å². The van der Waals surface area contributed by atoms with Crippen LogP contribution in [0, 0.1) is 23.2 Å². The van der Waals surface area contributed by atoms with E-state index in [2.05, 4.69) is 24.5 Å². The summed E-state index contributed by atoms with van der Waals surface area (Å²) in [6.07, 6.45) is -4.44. The fourth-order valence-corrected chi connectivity index (χ4v) is 1.14. The third-order valence-electron chi connectivity index (χ3n) is 1.77. The van der Waals surface area contributed by atoms with Gasteiger partial charge in [0.05, 0.1) is 16.9 Å². The van der Waals surface area contributed by atoms with E-state index in [9.17, 15) is 13.2 Å². The summed E-state index contributed by atoms with van der Waals surface area (Å²) in [6.45, 7) is 0. The van der Waals surface area contributed by atoms with Crippen molar-refractivity contribution in [3.8, 4) is 17.9 Å². The first-order valence-corrected chi connectivity index (χ1v) is 4.83. The quantitative estimate of drug-likeness (QED) is 0.548. The van der Waals surface area contributed by atoms with Gasteiger partial charge >= 0.3 is 6.18 Å². The second-order valence-corrected chi connectivity index (χ2v) is 3.15. The van der Waals surface area contributed by atoms with Gasteiger partial charge in [0.1, 0.15) is 6.07 Å². The zero-order chi connectivity index (χ0) is 12.2. The molecule has 0 heterocycles. The van der Waals surface area contributed by atoms with Gasteiger partial charge in [-0.1, -0.05) is 11.8 Å². The van der Waals surface area contributed by atoms with Crippen LogP contribution in [0.5, 0.6) is 0 Å². The van der Waals surface area contributed by atoms with Crippen molar-refractivity contribution in [3.05, 3.63) is 34.9 Å². The Bertz CT molecular complexity index is 489. The molecular weight excluding hydrogens is 235 g/mol. The molecule has 0 spiro atoms. The molecule has 1 aromatic carbocycles. The maximum Gasteiger partial charge on any atom is 0.416 e. The van der Waals surface area contributed by atoms with Crippen molar-refractivity contribution in [1.29, 1.82) is 5.26 Å². The van der Waals surface area contributed by atoms with Crippen LogP contribution in [0.1, 0.15) is 16.7 Å². The summed E-state index contributed by atoms with van der Waals surface area (Å²) >= 11 is 3.84. The summed E-state index contributed by atoms with van der Waals surface area (Å²) < 4.78 is 37.0. The first-order valence-electron chi connectivity index (χ1n) is 4.20. The van der Waals surface area contributed by atoms with Crippen molar-refractivity contribution >= 4 is 12.6 Å². The van der Waals surface area contributed by atoms with Crippen molar-refractivity contribution in [2.75, 3.05) is 5.75 Å². The molecule has 0 aromatic heterocycles. The SMILES string of the molecule is N#Cc1cc(C(F)(F)F)ccc1C#CCS. The molecule has 0 fully saturated rings. The molecule has 0 unspecified atom stereocenters. The van der Waals surface area contributed by atoms with Crippen molar-refractivity contribution in [3.63, 3.8) is 0 Å². The van der Waals surface area contributed by atoms with Gasteiger partial charge in [0, 0.05) is 5.56 Å². The number of alkyl halides is 3. The van der Waals surface area contributed by atoms with Gasteiger partial charge in [-0.05, 0) is 18.2 Å². The first-order chi connectivity index (χ1) is 7.49. The Morgan fingerprint density at radius 3 is 2.44 bits per heavy atom. The van der Waals surface area contributed by atoms with Gasteiger partial charge in [0.25, 0.3) is 0 Å². The zero-order valence-electron chi connectivity index (χ0n) is 7.97. The fraction of sp³-hybridized carbons (Fsp3) is 0.182. The van der Waals surface area contributed by atoms with Crippen LogP contribution in [0.4, 0.5) is 13.2 Å². The summed E-state index contributed by atoms with van der Waals surface area (Å²) in [6, 6.07) is 4.58. The normalized spacial score (nSPS) is 10.2. The Morgan fingerprint density at radius 2 is 1.94 bits per heavy atom. The van der Waals surface area contributed by atoms with E-state index < -0.39 is 11.7 Å². The number of nitriles is 1. The molecule has 1 rings (SSSR count). The monoisotopic (exact) mass is 241 g/mol. The van der Waals surface area contributed by atoms with Gasteiger partial charge < -0.3 is 0 Å². The molecule has 0 saturated heterocycles. The molecule has 0 aliphatic rings. The standard InChI is InChI=1S/C11H6F3NS/c12-11(13,14)10-4-3-8(2-1-5-16)9(6-10)7-15/h3-4,6,16H,5H2. The molecule has 0 aliphatic heterocycles. The lowest BCUT2D eigenvalue weighted by Crippen LogP contribution is -2.05. The van der Waals surface area contributed by atoms with Crippen LogP contribution in [-0.2, 0) is 6.18 Å². The van der Waals surface area contributed by atoms with Gasteiger partial charge in [-0.25, -0.2) is 0 Å². The van der Waals surface area contributed by atoms with E-state index in [0.717, 1.165) is 12.1 Å². The Balaban J connectivity index is 3.24. The zero-order valence-corrected chi connectivity index (χ0v) is 8.86. The third-order valence-corrected chi connectivity index (χ3v) is 1.93. The van der Waals surface area contributed by atoms with Gasteiger partial charge in [0.2, 0.25) is 0 Å². The Labute approximate surface area is 96.3 Å². The van der Waals surface area contributed by atoms with Crippen molar-refractivity contribution in [2.45, 2.75) is 6.18 Å². The highest BCUT2D eigenvalue weighted by molar-refractivity contribution is 7.80. The summed E-state index contributed by atoms with van der Waals surface area (Å²) in [5.74, 6) is 5.44. The topological polar surface area (TPSA) is 23.8 Å². The van der Waals surface area contributed by atoms with Crippen LogP contribution < -0.4 is 0 Å². The maximum absolute atomic E-state index is 12.3. The molecular formula is C11H6F3NS. The average molecular weight is 241 g/mol. The lowest BCUT2D eigenvalue weighted by molar-refractivity contribution is -0.137. The number of rotatable bonds is 0. The minimum atomic E-state index is -4.44. The van der Waals surface area contributed by atoms with E-state index in [-0.39, 0.29) is 16.9 Å². The van der Waals surface area contributed by atoms with Crippen LogP contribution in [0.15, 0.2) is 18.2 Å². The Hall–Kier alpha value is -1.59. The molecule has 0 atom stereocenters. The van der Waals surface area contributed by atoms with Crippen LogP contribution in [0.25, 0.3) is 0 Å². The molecule has 82 valence electrons. The molecule has 0 aliphatic carbocycles. The third kappa shape index (κ3) is 2.95. The second-order valence-electron chi connectivity index (χ2n) is 2.83. The van der Waals surface area contributed by atoms with Gasteiger partial charge in [-0.15, -0.1) is 0 Å². The number of nitrogens with zero attached hydrogens (tertiary/aromatic N) is 1. The largest absolute Gasteiger partial charge is 0.416 e. The lowest BCUT2D eigenvalue weighted by atomic mass is 10.0. The molecule has 0 saturated carbocycles. The number of hydrogen-bond donors (Lipinski definition) is 1. The average Bonchev–Trinajstić information content (AvgIpc) is 2.24. The van der Waals surface area contributed by atoms with Gasteiger partial charge in [0.15, 0.2) is 0 Å². The smallest absolute Gasteiger partial charge is 0.192 e. The second kappa shape index (κ2) is 4.96. The van der Waals surface area contributed by atoms with Gasteiger partial charge in [-0.3, -0.25) is 0 Å². The highest BCUT2D eigenvalue weighted by atomic mass is 32.1. The highest BCUT2D eigenvalue weighted by Crippen LogP contribution is 2.30. The molecule has 1 aromatic rings. The van der Waals surface area contributed by atoms with E-state index in [1.54, 1.807) is 6.07 Å². The minimum absolute atomic E-state index is 0.0795. The minimum Gasteiger partial charge on any atom is -0.192 e. The molecule has 0 amide bonds. The number of hydrogen-bond acceptors (Lipinski definition) is 2. The molecule has 0 bridgehead atoms. The summed E-state index contributed by atoms with van der Waals surface area (Å²) in [7, 11) is 0. The predicted molar refractivity (Wildman–Crippen MR) is 56.9 cm³/mol. The summed E-state index contributed by atoms with van der Waals surface area (Å²) in [5.41, 5.74) is -0.644. The van der Waals surface area contributed by atoms with E-state index in [4.69, 9.17) is 5.26 Å². The molecule has 1 nitrogen and oxygen atoms in total. The first kappa shape index (κ1) is 12.5. The van der Waals surface area contributed by atoms with Crippen molar-refractivity contribution in [2.24, 2.45) is 0 Å². The molecule has 0 radical (unpaired) electrons. The summed E-state index contributed by atoms with van der Waals surface area (Å²) in [4.78, 5) is 0. The van der Waals surface area contributed by atoms with Crippen LogP contribution in [0.3, 0.4) is 0 Å². The summed E-state index contributed by atoms with van der Waals surface area (Å²) in [5, 5.41) is 8.70. The Morgan fingerprint density at radius 1 is 1.25 bits per heavy atom. The number of thiol groups is 1. The predicted octanol–water partition coefficient (Wildman–Crippen LogP) is 2.86. The number of halogens is 3. The molecule has 0 N–H and O–H groups in total. The van der Waals surface area contributed by atoms with E-state index >= 15 is 0 Å². The molecule has 5 heteroatoms.